The van der Waals surface area contributed by atoms with Crippen LogP contribution in [-0.2, 0) is 6.18 Å². The van der Waals surface area contributed by atoms with Crippen molar-refractivity contribution in [3.8, 4) is 11.5 Å². The Bertz CT molecular complexity index is 950. The lowest BCUT2D eigenvalue weighted by Gasteiger charge is -2.36. The maximum Gasteiger partial charge on any atom is 0.417 e. The number of carbonyl (C=O) groups excluding carboxylic acids is 1. The maximum absolute atomic E-state index is 12.8. The van der Waals surface area contributed by atoms with Crippen molar-refractivity contribution in [2.45, 2.75) is 12.8 Å². The van der Waals surface area contributed by atoms with E-state index in [0.29, 0.717) is 6.20 Å². The summed E-state index contributed by atoms with van der Waals surface area (Å²) in [4.78, 5) is 19.7. The third-order valence-corrected chi connectivity index (χ3v) is 4.92. The number of hydrogen-bond acceptors (Lipinski definition) is 5. The van der Waals surface area contributed by atoms with Gasteiger partial charge in [0.05, 0.1) is 17.7 Å². The smallest absolute Gasteiger partial charge is 0.417 e. The van der Waals surface area contributed by atoms with Crippen LogP contribution in [0, 0.1) is 0 Å². The molecular weight excluding hydrogens is 449 g/mol. The second-order valence-corrected chi connectivity index (χ2v) is 6.96. The van der Waals surface area contributed by atoms with E-state index in [0.717, 1.165) is 6.07 Å². The molecule has 6 nitrogen and oxygen atoms in total. The molecule has 12 heteroatoms. The van der Waals surface area contributed by atoms with Gasteiger partial charge in [0.1, 0.15) is 5.82 Å². The topological polar surface area (TPSA) is 54.9 Å². The number of piperazine rings is 1. The summed E-state index contributed by atoms with van der Waals surface area (Å²) >= 11 is 5.98. The van der Waals surface area contributed by atoms with Crippen molar-refractivity contribution in [2.24, 2.45) is 0 Å². The van der Waals surface area contributed by atoms with Crippen molar-refractivity contribution < 1.29 is 36.2 Å². The average molecular weight is 466 g/mol. The Morgan fingerprint density at radius 3 is 2.35 bits per heavy atom. The largest absolute Gasteiger partial charge is 0.493 e. The summed E-state index contributed by atoms with van der Waals surface area (Å²) in [6.45, 7) is -2.06. The first-order chi connectivity index (χ1) is 14.6. The molecule has 31 heavy (non-hydrogen) atoms. The van der Waals surface area contributed by atoms with Crippen LogP contribution in [0.1, 0.15) is 15.9 Å². The SMILES string of the molecule is COc1ccc(C(=O)N2CCN(c3ncc(C(F)(F)F)cc3Cl)CC2)cc1OC(F)F. The highest BCUT2D eigenvalue weighted by Crippen LogP contribution is 2.34. The van der Waals surface area contributed by atoms with E-state index in [9.17, 15) is 26.7 Å². The number of anilines is 1. The molecule has 168 valence electrons. The van der Waals surface area contributed by atoms with E-state index in [1.54, 1.807) is 4.90 Å². The molecule has 1 aliphatic heterocycles. The Labute approximate surface area is 179 Å². The molecule has 2 aromatic rings. The number of alkyl halides is 5. The molecule has 0 N–H and O–H groups in total. The van der Waals surface area contributed by atoms with Gasteiger partial charge in [0, 0.05) is 37.9 Å². The van der Waals surface area contributed by atoms with Crippen LogP contribution in [0.3, 0.4) is 0 Å². The first-order valence-corrected chi connectivity index (χ1v) is 9.37. The van der Waals surface area contributed by atoms with Gasteiger partial charge in [-0.1, -0.05) is 11.6 Å². The quantitative estimate of drug-likeness (QED) is 0.615. The normalized spacial score (nSPS) is 14.7. The van der Waals surface area contributed by atoms with Crippen LogP contribution in [0.25, 0.3) is 0 Å². The number of methoxy groups -OCH3 is 1. The Morgan fingerprint density at radius 2 is 1.81 bits per heavy atom. The summed E-state index contributed by atoms with van der Waals surface area (Å²) in [6.07, 6.45) is -3.84. The molecule has 1 amide bonds. The number of benzene rings is 1. The van der Waals surface area contributed by atoms with E-state index in [-0.39, 0.29) is 54.1 Å². The molecule has 0 atom stereocenters. The molecule has 1 aliphatic rings. The Balaban J connectivity index is 1.69. The van der Waals surface area contributed by atoms with Crippen LogP contribution >= 0.6 is 11.6 Å². The van der Waals surface area contributed by atoms with Crippen molar-refractivity contribution in [1.82, 2.24) is 9.88 Å². The van der Waals surface area contributed by atoms with E-state index in [1.165, 1.54) is 30.2 Å². The number of ether oxygens (including phenoxy) is 2. The number of amides is 1. The van der Waals surface area contributed by atoms with Crippen molar-refractivity contribution in [3.63, 3.8) is 0 Å². The van der Waals surface area contributed by atoms with Gasteiger partial charge in [-0.15, -0.1) is 0 Å². The Hall–Kier alpha value is -2.82. The van der Waals surface area contributed by atoms with Crippen LogP contribution in [0.4, 0.5) is 27.8 Å². The van der Waals surface area contributed by atoms with E-state index in [1.807, 2.05) is 0 Å². The van der Waals surface area contributed by atoms with Gasteiger partial charge >= 0.3 is 12.8 Å². The second-order valence-electron chi connectivity index (χ2n) is 6.55. The Kier molecular flexibility index (Phi) is 6.73. The van der Waals surface area contributed by atoms with E-state index in [2.05, 4.69) is 9.72 Å². The molecule has 1 aromatic heterocycles. The van der Waals surface area contributed by atoms with Crippen molar-refractivity contribution >= 4 is 23.3 Å². The van der Waals surface area contributed by atoms with E-state index >= 15 is 0 Å². The van der Waals surface area contributed by atoms with Crippen molar-refractivity contribution in [1.29, 1.82) is 0 Å². The van der Waals surface area contributed by atoms with Gasteiger partial charge in [-0.25, -0.2) is 4.98 Å². The summed E-state index contributed by atoms with van der Waals surface area (Å²) < 4.78 is 72.9. The number of rotatable bonds is 5. The second kappa shape index (κ2) is 9.13. The van der Waals surface area contributed by atoms with E-state index in [4.69, 9.17) is 16.3 Å². The molecule has 0 bridgehead atoms. The standard InChI is InChI=1S/C19H17ClF5N3O3/c1-30-14-3-2-11(8-15(14)31-18(21)22)17(29)28-6-4-27(5-7-28)16-13(20)9-12(10-26-16)19(23,24)25/h2-3,8-10,18H,4-7H2,1H3. The zero-order valence-electron chi connectivity index (χ0n) is 16.1. The van der Waals surface area contributed by atoms with Gasteiger partial charge in [-0.05, 0) is 24.3 Å². The number of halogens is 6. The molecule has 0 spiro atoms. The number of aromatic nitrogens is 1. The zero-order valence-corrected chi connectivity index (χ0v) is 16.9. The summed E-state index contributed by atoms with van der Waals surface area (Å²) in [5.41, 5.74) is -0.813. The van der Waals surface area contributed by atoms with Gasteiger partial charge in [-0.2, -0.15) is 22.0 Å². The van der Waals surface area contributed by atoms with Crippen molar-refractivity contribution in [2.75, 3.05) is 38.2 Å². The first kappa shape index (κ1) is 22.9. The summed E-state index contributed by atoms with van der Waals surface area (Å²) in [7, 11) is 1.29. The number of carbonyl (C=O) groups is 1. The molecule has 3 rings (SSSR count). The van der Waals surface area contributed by atoms with E-state index < -0.39 is 24.3 Å². The highest BCUT2D eigenvalue weighted by Gasteiger charge is 2.32. The number of nitrogens with zero attached hydrogens (tertiary/aromatic N) is 3. The van der Waals surface area contributed by atoms with Crippen molar-refractivity contribution in [3.05, 3.63) is 46.6 Å². The lowest BCUT2D eigenvalue weighted by Crippen LogP contribution is -2.49. The van der Waals surface area contributed by atoms with Gasteiger partial charge in [0.15, 0.2) is 11.5 Å². The summed E-state index contributed by atoms with van der Waals surface area (Å²) in [5.74, 6) is -0.417. The fourth-order valence-corrected chi connectivity index (χ4v) is 3.41. The predicted molar refractivity (Wildman–Crippen MR) is 102 cm³/mol. The molecule has 0 unspecified atom stereocenters. The third-order valence-electron chi connectivity index (χ3n) is 4.64. The Morgan fingerprint density at radius 1 is 1.13 bits per heavy atom. The minimum atomic E-state index is -4.55. The van der Waals surface area contributed by atoms with Gasteiger partial charge in [0.2, 0.25) is 0 Å². The molecule has 2 heterocycles. The average Bonchev–Trinajstić information content (AvgIpc) is 2.72. The number of pyridine rings is 1. The van der Waals surface area contributed by atoms with Gasteiger partial charge < -0.3 is 19.3 Å². The fraction of sp³-hybridized carbons (Fsp3) is 0.368. The van der Waals surface area contributed by atoms with Gasteiger partial charge in [-0.3, -0.25) is 4.79 Å². The summed E-state index contributed by atoms with van der Waals surface area (Å²) in [5, 5.41) is -0.140. The fourth-order valence-electron chi connectivity index (χ4n) is 3.12. The van der Waals surface area contributed by atoms with Crippen LogP contribution in [0.15, 0.2) is 30.5 Å². The monoisotopic (exact) mass is 465 g/mol. The molecule has 1 fully saturated rings. The lowest BCUT2D eigenvalue weighted by molar-refractivity contribution is -0.137. The minimum Gasteiger partial charge on any atom is -0.493 e. The minimum absolute atomic E-state index is 0.0599. The zero-order chi connectivity index (χ0) is 22.8. The molecular formula is C19H17ClF5N3O3. The van der Waals surface area contributed by atoms with Crippen LogP contribution < -0.4 is 14.4 Å². The molecule has 1 saturated heterocycles. The number of hydrogen-bond donors (Lipinski definition) is 0. The van der Waals surface area contributed by atoms with Crippen LogP contribution in [-0.4, -0.2) is 55.7 Å². The molecule has 0 radical (unpaired) electrons. The van der Waals surface area contributed by atoms with Gasteiger partial charge in [0.25, 0.3) is 5.91 Å². The maximum atomic E-state index is 12.8. The lowest BCUT2D eigenvalue weighted by atomic mass is 10.1. The first-order valence-electron chi connectivity index (χ1n) is 9.00. The molecule has 1 aromatic carbocycles. The third kappa shape index (κ3) is 5.27. The highest BCUT2D eigenvalue weighted by atomic mass is 35.5. The predicted octanol–water partition coefficient (Wildman–Crippen LogP) is 4.33. The van der Waals surface area contributed by atoms with Crippen LogP contribution in [0.2, 0.25) is 5.02 Å². The molecule has 0 saturated carbocycles. The molecule has 0 aliphatic carbocycles. The summed E-state index contributed by atoms with van der Waals surface area (Å²) in [6, 6.07) is 4.77. The van der Waals surface area contributed by atoms with Crippen LogP contribution in [0.5, 0.6) is 11.5 Å². The highest BCUT2D eigenvalue weighted by molar-refractivity contribution is 6.33.